The summed E-state index contributed by atoms with van der Waals surface area (Å²) in [7, 11) is -8.09. The van der Waals surface area contributed by atoms with E-state index < -0.39 is 75.4 Å². The zero-order chi connectivity index (χ0) is 35.7. The number of rotatable bonds is 15. The average molecular weight is 711 g/mol. The molecule has 0 aromatic heterocycles. The van der Waals surface area contributed by atoms with Crippen molar-refractivity contribution in [2.24, 2.45) is 0 Å². The molecule has 0 aliphatic heterocycles. The minimum absolute atomic E-state index is 0.867. The SMILES string of the molecule is C=CCNCC=C.O=S(=O)(O)C(F)(F)C(F)(F)C(F)(F)C(F)(F)C(F)(F)C(F)(F)C(F)(F)C(F)(F)C(F)(F)C(F)(F)CF. The monoisotopic (exact) mass is 711 g/mol. The Hall–Kier alpha value is -2.12. The van der Waals surface area contributed by atoms with Crippen LogP contribution in [0, 0.1) is 0 Å². The molecule has 258 valence electrons. The first kappa shape index (κ1) is 43.0. The van der Waals surface area contributed by atoms with E-state index in [0.29, 0.717) is 0 Å². The van der Waals surface area contributed by atoms with Gasteiger partial charge in [-0.15, -0.1) is 13.2 Å². The van der Waals surface area contributed by atoms with Gasteiger partial charge in [0.2, 0.25) is 0 Å². The third-order valence-corrected chi connectivity index (χ3v) is 5.56. The fourth-order valence-electron chi connectivity index (χ4n) is 2.13. The third-order valence-electron chi connectivity index (χ3n) is 4.65. The molecule has 4 nitrogen and oxygen atoms in total. The maximum Gasteiger partial charge on any atom is 0.438 e. The van der Waals surface area contributed by atoms with Gasteiger partial charge in [-0.2, -0.15) is 96.2 Å². The Bertz CT molecular complexity index is 1080. The Morgan fingerprint density at radius 3 is 0.953 bits per heavy atom. The molecule has 0 atom stereocenters. The van der Waals surface area contributed by atoms with E-state index in [-0.39, 0.29) is 0 Å². The molecule has 0 aromatic rings. The second kappa shape index (κ2) is 12.3. The highest BCUT2D eigenvalue weighted by Crippen LogP contribution is 2.66. The smallest absolute Gasteiger partial charge is 0.310 e. The van der Waals surface area contributed by atoms with E-state index in [0.717, 1.165) is 13.1 Å². The van der Waals surface area contributed by atoms with E-state index in [1.54, 1.807) is 0 Å². The first-order valence-corrected chi connectivity index (χ1v) is 11.2. The Morgan fingerprint density at radius 2 is 0.744 bits per heavy atom. The molecule has 43 heavy (non-hydrogen) atoms. The molecular formula is C17H14F21NO3S. The molecule has 0 saturated heterocycles. The van der Waals surface area contributed by atoms with Gasteiger partial charge in [0, 0.05) is 13.1 Å². The minimum Gasteiger partial charge on any atom is -0.310 e. The zero-order valence-electron chi connectivity index (χ0n) is 19.8. The average Bonchev–Trinajstić information content (AvgIpc) is 2.82. The molecule has 0 unspecified atom stereocenters. The van der Waals surface area contributed by atoms with Crippen LogP contribution in [-0.2, 0) is 10.1 Å². The molecule has 0 aromatic carbocycles. The molecule has 0 aliphatic rings. The molecule has 0 radical (unpaired) electrons. The molecule has 0 heterocycles. The lowest BCUT2D eigenvalue weighted by molar-refractivity contribution is -0.466. The van der Waals surface area contributed by atoms with Crippen LogP contribution in [0.3, 0.4) is 0 Å². The molecule has 0 amide bonds. The third kappa shape index (κ3) is 6.36. The van der Waals surface area contributed by atoms with Gasteiger partial charge >= 0.3 is 68.7 Å². The van der Waals surface area contributed by atoms with Crippen LogP contribution in [0.5, 0.6) is 0 Å². The van der Waals surface area contributed by atoms with Crippen molar-refractivity contribution in [2.75, 3.05) is 19.8 Å². The fraction of sp³-hybridized carbons (Fsp3) is 0.765. The van der Waals surface area contributed by atoms with Crippen LogP contribution < -0.4 is 5.32 Å². The molecule has 0 spiro atoms. The van der Waals surface area contributed by atoms with Gasteiger partial charge in [-0.05, 0) is 0 Å². The molecular weight excluding hydrogens is 697 g/mol. The van der Waals surface area contributed by atoms with Crippen LogP contribution in [-0.4, -0.2) is 91.3 Å². The highest BCUT2D eigenvalue weighted by molar-refractivity contribution is 7.87. The van der Waals surface area contributed by atoms with E-state index in [4.69, 9.17) is 4.55 Å². The Kier molecular flexibility index (Phi) is 12.3. The van der Waals surface area contributed by atoms with E-state index in [2.05, 4.69) is 18.5 Å². The molecule has 0 bridgehead atoms. The van der Waals surface area contributed by atoms with Crippen LogP contribution in [0.1, 0.15) is 0 Å². The van der Waals surface area contributed by atoms with Gasteiger partial charge < -0.3 is 5.32 Å². The molecule has 0 aliphatic carbocycles. The summed E-state index contributed by atoms with van der Waals surface area (Å²) >= 11 is 0. The van der Waals surface area contributed by atoms with Gasteiger partial charge in [-0.1, -0.05) is 12.2 Å². The summed E-state index contributed by atoms with van der Waals surface area (Å²) in [5.41, 5.74) is 0. The van der Waals surface area contributed by atoms with Crippen molar-refractivity contribution in [3.8, 4) is 0 Å². The maximum atomic E-state index is 13.4. The highest BCUT2D eigenvalue weighted by atomic mass is 32.2. The van der Waals surface area contributed by atoms with E-state index >= 15 is 0 Å². The zero-order valence-corrected chi connectivity index (χ0v) is 20.6. The highest BCUT2D eigenvalue weighted by Gasteiger charge is 2.98. The predicted molar refractivity (Wildman–Crippen MR) is 100 cm³/mol. The van der Waals surface area contributed by atoms with Crippen molar-refractivity contribution in [1.82, 2.24) is 5.32 Å². The minimum atomic E-state index is -9.35. The second-order valence-corrected chi connectivity index (χ2v) is 9.12. The van der Waals surface area contributed by atoms with Crippen LogP contribution in [0.25, 0.3) is 0 Å². The molecule has 2 N–H and O–H groups in total. The molecule has 26 heteroatoms. The maximum absolute atomic E-state index is 13.4. The summed E-state index contributed by atoms with van der Waals surface area (Å²) < 4.78 is 302. The number of alkyl halides is 21. The normalized spacial score (nSPS) is 15.5. The quantitative estimate of drug-likeness (QED) is 0.0824. The number of halogens is 21. The number of hydrogen-bond acceptors (Lipinski definition) is 3. The van der Waals surface area contributed by atoms with Gasteiger partial charge in [0.25, 0.3) is 0 Å². The topological polar surface area (TPSA) is 66.4 Å². The Morgan fingerprint density at radius 1 is 0.512 bits per heavy atom. The van der Waals surface area contributed by atoms with Crippen molar-refractivity contribution in [1.29, 1.82) is 0 Å². The Balaban J connectivity index is 0. The van der Waals surface area contributed by atoms with Crippen molar-refractivity contribution in [3.05, 3.63) is 25.3 Å². The van der Waals surface area contributed by atoms with Gasteiger partial charge in [0.1, 0.15) is 0 Å². The molecule has 0 rings (SSSR count). The van der Waals surface area contributed by atoms with Crippen LogP contribution in [0.15, 0.2) is 25.3 Å². The lowest BCUT2D eigenvalue weighted by Crippen LogP contribution is -2.77. The lowest BCUT2D eigenvalue weighted by atomic mass is 9.86. The second-order valence-electron chi connectivity index (χ2n) is 7.66. The van der Waals surface area contributed by atoms with Gasteiger partial charge in [-0.25, -0.2) is 4.39 Å². The fourth-order valence-corrected chi connectivity index (χ4v) is 2.58. The van der Waals surface area contributed by atoms with Crippen molar-refractivity contribution < 1.29 is 105 Å². The summed E-state index contributed by atoms with van der Waals surface area (Å²) in [5, 5.41) is -5.01. The van der Waals surface area contributed by atoms with E-state index in [9.17, 15) is 101 Å². The number of nitrogens with one attached hydrogen (secondary N) is 1. The Labute approximate surface area is 225 Å². The lowest BCUT2D eigenvalue weighted by Gasteiger charge is -2.44. The van der Waals surface area contributed by atoms with Crippen molar-refractivity contribution in [3.63, 3.8) is 0 Å². The summed E-state index contributed by atoms with van der Waals surface area (Å²) in [5.74, 6) is -79.2. The standard InChI is InChI=1S/C11H3F21O3S.C6H11N/c12-1-2(13,14)3(15,16)4(17,18)5(19,20)6(21,22)7(23,24)8(25,26)9(27,28)10(29,30)11(31,32)36(33,34)35;1-3-5-7-6-4-2/h1H2,(H,33,34,35);3-4,7H,1-2,5-6H2. The van der Waals surface area contributed by atoms with Crippen molar-refractivity contribution in [2.45, 2.75) is 58.6 Å². The van der Waals surface area contributed by atoms with Crippen molar-refractivity contribution >= 4 is 10.1 Å². The van der Waals surface area contributed by atoms with E-state index in [1.165, 1.54) is 0 Å². The van der Waals surface area contributed by atoms with Gasteiger partial charge in [0.05, 0.1) is 0 Å². The largest absolute Gasteiger partial charge is 0.438 e. The van der Waals surface area contributed by atoms with Gasteiger partial charge in [0.15, 0.2) is 6.67 Å². The summed E-state index contributed by atoms with van der Waals surface area (Å²) in [6.45, 7) is 4.64. The predicted octanol–water partition coefficient (Wildman–Crippen LogP) is 7.10. The summed E-state index contributed by atoms with van der Waals surface area (Å²) in [4.78, 5) is 0. The first-order chi connectivity index (χ1) is 18.5. The number of hydrogen-bond donors (Lipinski definition) is 2. The summed E-state index contributed by atoms with van der Waals surface area (Å²) in [6.07, 6.45) is 3.65. The van der Waals surface area contributed by atoms with Gasteiger partial charge in [-0.3, -0.25) is 4.55 Å². The van der Waals surface area contributed by atoms with E-state index in [1.807, 2.05) is 12.2 Å². The summed E-state index contributed by atoms with van der Waals surface area (Å²) in [6, 6.07) is 0. The molecule has 0 saturated carbocycles. The first-order valence-electron chi connectivity index (χ1n) is 9.71. The molecule has 0 fully saturated rings. The van der Waals surface area contributed by atoms with Crippen LogP contribution >= 0.6 is 0 Å². The van der Waals surface area contributed by atoms with Crippen LogP contribution in [0.4, 0.5) is 92.2 Å². The van der Waals surface area contributed by atoms with Crippen LogP contribution in [0.2, 0.25) is 0 Å².